The molecule has 9 heteroatoms. The molecule has 0 saturated carbocycles. The van der Waals surface area contributed by atoms with Crippen LogP contribution in [0.2, 0.25) is 5.02 Å². The van der Waals surface area contributed by atoms with Gasteiger partial charge in [-0.15, -0.1) is 0 Å². The van der Waals surface area contributed by atoms with E-state index in [1.807, 2.05) is 12.1 Å². The summed E-state index contributed by atoms with van der Waals surface area (Å²) >= 11 is 5.88. The predicted molar refractivity (Wildman–Crippen MR) is 120 cm³/mol. The van der Waals surface area contributed by atoms with Crippen molar-refractivity contribution in [3.05, 3.63) is 88.7 Å². The second-order valence-corrected chi connectivity index (χ2v) is 6.89. The standard InChI is InChI=1S/C23H19ClFN3O4/c1-31-21-12-16(8-11-20(21)32-14-15-6-9-17(24)10-7-15)13-26-28-23(30)22(29)27-19-5-3-2-4-18(19)25/h2-13H,14H2,1H3,(H,27,29)(H,28,30)/b26-13-. The van der Waals surface area contributed by atoms with Gasteiger partial charge < -0.3 is 14.8 Å². The lowest BCUT2D eigenvalue weighted by Crippen LogP contribution is -2.32. The number of nitrogens with one attached hydrogen (secondary N) is 2. The summed E-state index contributed by atoms with van der Waals surface area (Å²) in [5.74, 6) is -1.75. The maximum atomic E-state index is 13.6. The van der Waals surface area contributed by atoms with Gasteiger partial charge in [0.15, 0.2) is 11.5 Å². The molecule has 0 fully saturated rings. The van der Waals surface area contributed by atoms with E-state index in [0.717, 1.165) is 5.56 Å². The van der Waals surface area contributed by atoms with Crippen molar-refractivity contribution in [2.45, 2.75) is 6.61 Å². The number of halogens is 2. The number of carbonyl (C=O) groups excluding carboxylic acids is 2. The van der Waals surface area contributed by atoms with Gasteiger partial charge in [0.25, 0.3) is 0 Å². The minimum absolute atomic E-state index is 0.101. The molecule has 0 spiro atoms. The lowest BCUT2D eigenvalue weighted by molar-refractivity contribution is -0.136. The molecule has 0 heterocycles. The first-order valence-corrected chi connectivity index (χ1v) is 9.78. The van der Waals surface area contributed by atoms with E-state index in [1.54, 1.807) is 30.3 Å². The number of benzene rings is 3. The molecule has 7 nitrogen and oxygen atoms in total. The molecule has 0 unspecified atom stereocenters. The summed E-state index contributed by atoms with van der Waals surface area (Å²) in [4.78, 5) is 23.7. The fourth-order valence-electron chi connectivity index (χ4n) is 2.58. The van der Waals surface area contributed by atoms with Crippen LogP contribution in [0.3, 0.4) is 0 Å². The zero-order valence-electron chi connectivity index (χ0n) is 17.0. The van der Waals surface area contributed by atoms with Crippen molar-refractivity contribution >= 4 is 35.3 Å². The van der Waals surface area contributed by atoms with Crippen molar-refractivity contribution in [2.75, 3.05) is 12.4 Å². The Hall–Kier alpha value is -3.91. The fraction of sp³-hybridized carbons (Fsp3) is 0.0870. The SMILES string of the molecule is COc1cc(/C=N\NC(=O)C(=O)Nc2ccccc2F)ccc1OCc1ccc(Cl)cc1. The zero-order chi connectivity index (χ0) is 22.9. The molecule has 3 aromatic rings. The Morgan fingerprint density at radius 2 is 1.78 bits per heavy atom. The van der Waals surface area contributed by atoms with Gasteiger partial charge in [-0.05, 0) is 53.6 Å². The number of nitrogens with zero attached hydrogens (tertiary/aromatic N) is 1. The van der Waals surface area contributed by atoms with Crippen LogP contribution in [0.4, 0.5) is 10.1 Å². The van der Waals surface area contributed by atoms with Crippen molar-refractivity contribution in [2.24, 2.45) is 5.10 Å². The highest BCUT2D eigenvalue weighted by Crippen LogP contribution is 2.28. The predicted octanol–water partition coefficient (Wildman–Crippen LogP) is 4.16. The van der Waals surface area contributed by atoms with E-state index >= 15 is 0 Å². The van der Waals surface area contributed by atoms with Crippen LogP contribution in [-0.4, -0.2) is 25.1 Å². The smallest absolute Gasteiger partial charge is 0.329 e. The molecule has 3 aromatic carbocycles. The number of hydrogen-bond donors (Lipinski definition) is 2. The average Bonchev–Trinajstić information content (AvgIpc) is 2.80. The van der Waals surface area contributed by atoms with Crippen LogP contribution in [0.15, 0.2) is 71.8 Å². The number of carbonyl (C=O) groups is 2. The third kappa shape index (κ3) is 6.29. The molecule has 0 atom stereocenters. The van der Waals surface area contributed by atoms with Gasteiger partial charge in [-0.1, -0.05) is 35.9 Å². The molecular formula is C23H19ClFN3O4. The summed E-state index contributed by atoms with van der Waals surface area (Å²) in [6.07, 6.45) is 1.33. The number of anilines is 1. The third-order valence-corrected chi connectivity index (χ3v) is 4.46. The zero-order valence-corrected chi connectivity index (χ0v) is 17.7. The minimum Gasteiger partial charge on any atom is -0.493 e. The highest BCUT2D eigenvalue weighted by atomic mass is 35.5. The molecule has 0 radical (unpaired) electrons. The number of ether oxygens (including phenoxy) is 2. The van der Waals surface area contributed by atoms with E-state index < -0.39 is 17.6 Å². The van der Waals surface area contributed by atoms with Gasteiger partial charge in [-0.25, -0.2) is 9.82 Å². The van der Waals surface area contributed by atoms with E-state index in [2.05, 4.69) is 15.8 Å². The fourth-order valence-corrected chi connectivity index (χ4v) is 2.71. The number of amides is 2. The van der Waals surface area contributed by atoms with E-state index in [0.29, 0.717) is 28.7 Å². The summed E-state index contributed by atoms with van der Waals surface area (Å²) in [6.45, 7) is 0.328. The minimum atomic E-state index is -1.05. The van der Waals surface area contributed by atoms with Crippen LogP contribution in [-0.2, 0) is 16.2 Å². The van der Waals surface area contributed by atoms with Gasteiger partial charge in [0.05, 0.1) is 19.0 Å². The molecule has 0 aliphatic rings. The molecule has 32 heavy (non-hydrogen) atoms. The van der Waals surface area contributed by atoms with Crippen molar-refractivity contribution < 1.29 is 23.5 Å². The Bertz CT molecular complexity index is 1140. The lowest BCUT2D eigenvalue weighted by Gasteiger charge is -2.11. The number of hydrazone groups is 1. The molecular weight excluding hydrogens is 437 g/mol. The van der Waals surface area contributed by atoms with Crippen LogP contribution in [0.1, 0.15) is 11.1 Å². The summed E-state index contributed by atoms with van der Waals surface area (Å²) < 4.78 is 24.7. The van der Waals surface area contributed by atoms with E-state index in [4.69, 9.17) is 21.1 Å². The van der Waals surface area contributed by atoms with Crippen molar-refractivity contribution in [3.63, 3.8) is 0 Å². The molecule has 3 rings (SSSR count). The van der Waals surface area contributed by atoms with Crippen LogP contribution in [0, 0.1) is 5.82 Å². The Kier molecular flexibility index (Phi) is 7.77. The molecule has 164 valence electrons. The summed E-state index contributed by atoms with van der Waals surface area (Å²) in [5, 5.41) is 6.56. The van der Waals surface area contributed by atoms with Crippen molar-refractivity contribution in [1.82, 2.24) is 5.43 Å². The second-order valence-electron chi connectivity index (χ2n) is 6.46. The largest absolute Gasteiger partial charge is 0.493 e. The Morgan fingerprint density at radius 3 is 2.50 bits per heavy atom. The summed E-state index contributed by atoms with van der Waals surface area (Å²) in [7, 11) is 1.50. The number of methoxy groups -OCH3 is 1. The molecule has 0 aliphatic heterocycles. The Labute approximate surface area is 188 Å². The van der Waals surface area contributed by atoms with Gasteiger partial charge >= 0.3 is 11.8 Å². The van der Waals surface area contributed by atoms with Crippen LogP contribution >= 0.6 is 11.6 Å². The van der Waals surface area contributed by atoms with E-state index in [-0.39, 0.29) is 5.69 Å². The van der Waals surface area contributed by atoms with E-state index in [9.17, 15) is 14.0 Å². The normalized spacial score (nSPS) is 10.6. The highest BCUT2D eigenvalue weighted by molar-refractivity contribution is 6.39. The number of para-hydroxylation sites is 1. The first-order valence-electron chi connectivity index (χ1n) is 9.40. The molecule has 0 saturated heterocycles. The van der Waals surface area contributed by atoms with Gasteiger partial charge in [-0.2, -0.15) is 5.10 Å². The van der Waals surface area contributed by atoms with Crippen molar-refractivity contribution in [1.29, 1.82) is 0 Å². The first-order chi connectivity index (χ1) is 15.5. The first kappa shape index (κ1) is 22.8. The van der Waals surface area contributed by atoms with E-state index in [1.165, 1.54) is 37.6 Å². The summed E-state index contributed by atoms with van der Waals surface area (Å²) in [5.41, 5.74) is 3.52. The second kappa shape index (κ2) is 10.9. The summed E-state index contributed by atoms with van der Waals surface area (Å²) in [6, 6.07) is 17.9. The number of rotatable bonds is 7. The monoisotopic (exact) mass is 455 g/mol. The Morgan fingerprint density at radius 1 is 1.03 bits per heavy atom. The van der Waals surface area contributed by atoms with Crippen molar-refractivity contribution in [3.8, 4) is 11.5 Å². The molecule has 2 amide bonds. The third-order valence-electron chi connectivity index (χ3n) is 4.20. The van der Waals surface area contributed by atoms with Gasteiger partial charge in [-0.3, -0.25) is 9.59 Å². The molecule has 0 bridgehead atoms. The maximum Gasteiger partial charge on any atom is 0.329 e. The molecule has 0 aromatic heterocycles. The molecule has 0 aliphatic carbocycles. The number of hydrogen-bond acceptors (Lipinski definition) is 5. The maximum absolute atomic E-state index is 13.6. The van der Waals surface area contributed by atoms with Gasteiger partial charge in [0.1, 0.15) is 12.4 Å². The van der Waals surface area contributed by atoms with Gasteiger partial charge in [0.2, 0.25) is 0 Å². The van der Waals surface area contributed by atoms with Crippen LogP contribution in [0.5, 0.6) is 11.5 Å². The average molecular weight is 456 g/mol. The van der Waals surface area contributed by atoms with Gasteiger partial charge in [0, 0.05) is 5.02 Å². The molecule has 2 N–H and O–H groups in total. The Balaban J connectivity index is 1.57. The van der Waals surface area contributed by atoms with Crippen LogP contribution < -0.4 is 20.2 Å². The topological polar surface area (TPSA) is 89.0 Å². The van der Waals surface area contributed by atoms with Crippen LogP contribution in [0.25, 0.3) is 0 Å². The highest BCUT2D eigenvalue weighted by Gasteiger charge is 2.14. The quantitative estimate of drug-likeness (QED) is 0.318. The lowest BCUT2D eigenvalue weighted by atomic mass is 10.2.